The molecule has 4 nitrogen and oxygen atoms in total. The average Bonchev–Trinajstić information content (AvgIpc) is 2.26. The molecule has 0 saturated heterocycles. The summed E-state index contributed by atoms with van der Waals surface area (Å²) in [6.45, 7) is 0.546. The zero-order valence-corrected chi connectivity index (χ0v) is 9.64. The lowest BCUT2D eigenvalue weighted by molar-refractivity contribution is 0.0264. The number of amides is 1. The van der Waals surface area contributed by atoms with Crippen LogP contribution in [0.25, 0.3) is 0 Å². The Labute approximate surface area is 99.1 Å². The fourth-order valence-corrected chi connectivity index (χ4v) is 2.07. The van der Waals surface area contributed by atoms with Crippen LogP contribution in [0.2, 0.25) is 0 Å². The molecule has 1 amide bonds. The zero-order chi connectivity index (χ0) is 12.4. The van der Waals surface area contributed by atoms with Crippen LogP contribution in [0.15, 0.2) is 18.3 Å². The molecule has 1 aliphatic rings. The molecule has 1 heterocycles. The third kappa shape index (κ3) is 2.61. The molecule has 0 spiro atoms. The molecule has 0 bridgehead atoms. The zero-order valence-electron chi connectivity index (χ0n) is 9.64. The summed E-state index contributed by atoms with van der Waals surface area (Å²) in [6, 6.07) is 2.97. The van der Waals surface area contributed by atoms with Gasteiger partial charge in [0.1, 0.15) is 0 Å². The van der Waals surface area contributed by atoms with E-state index in [2.05, 4.69) is 4.98 Å². The lowest BCUT2D eigenvalue weighted by Crippen LogP contribution is -2.39. The maximum atomic E-state index is 13.3. The van der Waals surface area contributed by atoms with Gasteiger partial charge in [-0.25, -0.2) is 4.98 Å². The lowest BCUT2D eigenvalue weighted by Gasteiger charge is -2.34. The van der Waals surface area contributed by atoms with E-state index in [0.29, 0.717) is 25.3 Å². The Morgan fingerprint density at radius 1 is 1.65 bits per heavy atom. The minimum Gasteiger partial charge on any atom is -0.393 e. The first kappa shape index (κ1) is 12.0. The quantitative estimate of drug-likeness (QED) is 0.801. The number of rotatable bonds is 3. The lowest BCUT2D eigenvalue weighted by atomic mass is 9.82. The fraction of sp³-hybridized carbons (Fsp3) is 0.500. The molecule has 1 aromatic heterocycles. The second-order valence-electron chi connectivity index (χ2n) is 4.52. The Morgan fingerprint density at radius 2 is 2.35 bits per heavy atom. The van der Waals surface area contributed by atoms with E-state index >= 15 is 0 Å². The van der Waals surface area contributed by atoms with Gasteiger partial charge in [0.15, 0.2) is 0 Å². The van der Waals surface area contributed by atoms with Crippen LogP contribution in [0.5, 0.6) is 0 Å². The molecule has 1 aliphatic carbocycles. The maximum Gasteiger partial charge on any atom is 0.258 e. The van der Waals surface area contributed by atoms with Crippen molar-refractivity contribution in [3.8, 4) is 0 Å². The van der Waals surface area contributed by atoms with Crippen LogP contribution in [0.1, 0.15) is 23.2 Å². The highest BCUT2D eigenvalue weighted by molar-refractivity contribution is 5.93. The predicted octanol–water partition coefficient (Wildman–Crippen LogP) is 1.06. The summed E-state index contributed by atoms with van der Waals surface area (Å²) in [6.07, 6.45) is 2.51. The minimum absolute atomic E-state index is 0.00475. The Hall–Kier alpha value is -1.49. The van der Waals surface area contributed by atoms with E-state index in [9.17, 15) is 9.18 Å². The SMILES string of the molecule is CN(CC1CC(O)C1)C(=O)c1cccnc1F. The second-order valence-corrected chi connectivity index (χ2v) is 4.52. The highest BCUT2D eigenvalue weighted by Crippen LogP contribution is 2.27. The molecule has 5 heteroatoms. The normalized spacial score (nSPS) is 23.0. The van der Waals surface area contributed by atoms with E-state index in [0.717, 1.165) is 0 Å². The van der Waals surface area contributed by atoms with Crippen molar-refractivity contribution < 1.29 is 14.3 Å². The molecule has 0 unspecified atom stereocenters. The Kier molecular flexibility index (Phi) is 3.38. The first-order valence-electron chi connectivity index (χ1n) is 5.62. The summed E-state index contributed by atoms with van der Waals surface area (Å²) in [5, 5.41) is 9.16. The van der Waals surface area contributed by atoms with Gasteiger partial charge >= 0.3 is 0 Å². The van der Waals surface area contributed by atoms with Gasteiger partial charge in [-0.05, 0) is 30.9 Å². The molecule has 1 saturated carbocycles. The number of aromatic nitrogens is 1. The molecule has 17 heavy (non-hydrogen) atoms. The predicted molar refractivity (Wildman–Crippen MR) is 59.9 cm³/mol. The van der Waals surface area contributed by atoms with Crippen molar-refractivity contribution >= 4 is 5.91 Å². The Morgan fingerprint density at radius 3 is 2.94 bits per heavy atom. The number of hydrogen-bond donors (Lipinski definition) is 1. The van der Waals surface area contributed by atoms with Gasteiger partial charge in [-0.3, -0.25) is 4.79 Å². The van der Waals surface area contributed by atoms with Gasteiger partial charge < -0.3 is 10.0 Å². The van der Waals surface area contributed by atoms with E-state index in [1.807, 2.05) is 0 Å². The largest absolute Gasteiger partial charge is 0.393 e. The van der Waals surface area contributed by atoms with Gasteiger partial charge in [0.25, 0.3) is 5.91 Å². The van der Waals surface area contributed by atoms with E-state index in [1.54, 1.807) is 7.05 Å². The number of hydrogen-bond acceptors (Lipinski definition) is 3. The summed E-state index contributed by atoms with van der Waals surface area (Å²) in [5.41, 5.74) is -0.00475. The van der Waals surface area contributed by atoms with Crippen LogP contribution in [0.3, 0.4) is 0 Å². The number of nitrogens with zero attached hydrogens (tertiary/aromatic N) is 2. The van der Waals surface area contributed by atoms with E-state index in [-0.39, 0.29) is 17.6 Å². The molecule has 0 aromatic carbocycles. The first-order valence-corrected chi connectivity index (χ1v) is 5.62. The van der Waals surface area contributed by atoms with Crippen LogP contribution in [0, 0.1) is 11.9 Å². The molecule has 0 aliphatic heterocycles. The number of carbonyl (C=O) groups excluding carboxylic acids is 1. The van der Waals surface area contributed by atoms with Gasteiger partial charge in [0.2, 0.25) is 5.95 Å². The third-order valence-electron chi connectivity index (χ3n) is 3.08. The van der Waals surface area contributed by atoms with Crippen LogP contribution >= 0.6 is 0 Å². The van der Waals surface area contributed by atoms with Crippen molar-refractivity contribution in [2.45, 2.75) is 18.9 Å². The fourth-order valence-electron chi connectivity index (χ4n) is 2.07. The highest BCUT2D eigenvalue weighted by Gasteiger charge is 2.29. The van der Waals surface area contributed by atoms with Crippen molar-refractivity contribution in [2.24, 2.45) is 5.92 Å². The molecule has 1 fully saturated rings. The molecule has 92 valence electrons. The molecule has 0 atom stereocenters. The number of carbonyl (C=O) groups is 1. The van der Waals surface area contributed by atoms with Gasteiger partial charge in [-0.15, -0.1) is 0 Å². The summed E-state index contributed by atoms with van der Waals surface area (Å²) < 4.78 is 13.3. The molecular formula is C12H15FN2O2. The van der Waals surface area contributed by atoms with Crippen molar-refractivity contribution in [1.82, 2.24) is 9.88 Å². The second kappa shape index (κ2) is 4.79. The van der Waals surface area contributed by atoms with E-state index < -0.39 is 5.95 Å². The monoisotopic (exact) mass is 238 g/mol. The maximum absolute atomic E-state index is 13.3. The number of pyridine rings is 1. The van der Waals surface area contributed by atoms with Crippen LogP contribution < -0.4 is 0 Å². The standard InChI is InChI=1S/C12H15FN2O2/c1-15(7-8-5-9(16)6-8)12(17)10-3-2-4-14-11(10)13/h2-4,8-9,16H,5-7H2,1H3. The summed E-state index contributed by atoms with van der Waals surface area (Å²) in [5.74, 6) is -0.784. The highest BCUT2D eigenvalue weighted by atomic mass is 19.1. The van der Waals surface area contributed by atoms with Gasteiger partial charge in [-0.2, -0.15) is 4.39 Å². The van der Waals surface area contributed by atoms with Crippen molar-refractivity contribution in [1.29, 1.82) is 0 Å². The molecule has 1 N–H and O–H groups in total. The van der Waals surface area contributed by atoms with Crippen LogP contribution in [0.4, 0.5) is 4.39 Å². The summed E-state index contributed by atoms with van der Waals surface area (Å²) in [4.78, 5) is 16.8. The molecule has 0 radical (unpaired) electrons. The Bertz CT molecular complexity index is 419. The Balaban J connectivity index is 1.97. The van der Waals surface area contributed by atoms with Gasteiger partial charge in [-0.1, -0.05) is 0 Å². The molecular weight excluding hydrogens is 223 g/mol. The summed E-state index contributed by atoms with van der Waals surface area (Å²) in [7, 11) is 1.64. The number of aliphatic hydroxyl groups is 1. The molecule has 2 rings (SSSR count). The van der Waals surface area contributed by atoms with Gasteiger partial charge in [0, 0.05) is 19.8 Å². The van der Waals surface area contributed by atoms with Crippen LogP contribution in [-0.2, 0) is 0 Å². The topological polar surface area (TPSA) is 53.4 Å². The third-order valence-corrected chi connectivity index (χ3v) is 3.08. The van der Waals surface area contributed by atoms with Gasteiger partial charge in [0.05, 0.1) is 11.7 Å². The number of halogens is 1. The smallest absolute Gasteiger partial charge is 0.258 e. The number of aliphatic hydroxyl groups excluding tert-OH is 1. The van der Waals surface area contributed by atoms with Crippen molar-refractivity contribution in [3.05, 3.63) is 29.8 Å². The average molecular weight is 238 g/mol. The van der Waals surface area contributed by atoms with E-state index in [4.69, 9.17) is 5.11 Å². The van der Waals surface area contributed by atoms with Crippen LogP contribution in [-0.4, -0.2) is 40.6 Å². The molecule has 1 aromatic rings. The summed E-state index contributed by atoms with van der Waals surface area (Å²) >= 11 is 0. The van der Waals surface area contributed by atoms with E-state index in [1.165, 1.54) is 23.2 Å². The first-order chi connectivity index (χ1) is 8.08. The van der Waals surface area contributed by atoms with Crippen molar-refractivity contribution in [2.75, 3.05) is 13.6 Å². The van der Waals surface area contributed by atoms with Crippen molar-refractivity contribution in [3.63, 3.8) is 0 Å². The minimum atomic E-state index is -0.738.